The molecule has 88 valence electrons. The summed E-state index contributed by atoms with van der Waals surface area (Å²) in [7, 11) is 0. The fourth-order valence-electron chi connectivity index (χ4n) is 1.58. The average Bonchev–Trinajstić information content (AvgIpc) is 2.27. The standard InChI is InChI=1S/C12H18N2O2/c13-7-9-14(10-12(15)16)8-6-11-4-2-1-3-5-11/h1-5H,6-10,13H2,(H,15,16). The Kier molecular flexibility index (Phi) is 5.53. The Labute approximate surface area is 95.7 Å². The maximum atomic E-state index is 10.6. The molecule has 0 radical (unpaired) electrons. The monoisotopic (exact) mass is 222 g/mol. The van der Waals surface area contributed by atoms with Crippen LogP contribution in [0, 0.1) is 0 Å². The maximum Gasteiger partial charge on any atom is 0.317 e. The van der Waals surface area contributed by atoms with Crippen molar-refractivity contribution in [3.63, 3.8) is 0 Å². The molecule has 4 nitrogen and oxygen atoms in total. The van der Waals surface area contributed by atoms with Crippen molar-refractivity contribution < 1.29 is 9.90 Å². The van der Waals surface area contributed by atoms with E-state index < -0.39 is 5.97 Å². The highest BCUT2D eigenvalue weighted by molar-refractivity contribution is 5.69. The molecule has 0 bridgehead atoms. The topological polar surface area (TPSA) is 66.6 Å². The fraction of sp³-hybridized carbons (Fsp3) is 0.417. The minimum absolute atomic E-state index is 0.0596. The third-order valence-electron chi connectivity index (χ3n) is 2.36. The molecule has 0 fully saturated rings. The van der Waals surface area contributed by atoms with Gasteiger partial charge in [-0.2, -0.15) is 0 Å². The summed E-state index contributed by atoms with van der Waals surface area (Å²) in [6, 6.07) is 10.0. The quantitative estimate of drug-likeness (QED) is 0.708. The van der Waals surface area contributed by atoms with E-state index in [9.17, 15) is 4.79 Å². The van der Waals surface area contributed by atoms with E-state index >= 15 is 0 Å². The highest BCUT2D eigenvalue weighted by Crippen LogP contribution is 2.01. The largest absolute Gasteiger partial charge is 0.480 e. The number of benzene rings is 1. The van der Waals surface area contributed by atoms with E-state index in [1.165, 1.54) is 5.56 Å². The van der Waals surface area contributed by atoms with Gasteiger partial charge in [-0.05, 0) is 12.0 Å². The van der Waals surface area contributed by atoms with Gasteiger partial charge in [0.15, 0.2) is 0 Å². The Morgan fingerprint density at radius 2 is 1.94 bits per heavy atom. The van der Waals surface area contributed by atoms with E-state index in [0.717, 1.165) is 13.0 Å². The molecule has 3 N–H and O–H groups in total. The van der Waals surface area contributed by atoms with Crippen molar-refractivity contribution in [3.8, 4) is 0 Å². The first-order valence-corrected chi connectivity index (χ1v) is 5.40. The van der Waals surface area contributed by atoms with E-state index in [4.69, 9.17) is 10.8 Å². The van der Waals surface area contributed by atoms with Gasteiger partial charge in [0.05, 0.1) is 6.54 Å². The second-order valence-corrected chi connectivity index (χ2v) is 3.69. The predicted octanol–water partition coefficient (Wildman–Crippen LogP) is 0.574. The Balaban J connectivity index is 2.40. The molecule has 1 rings (SSSR count). The van der Waals surface area contributed by atoms with Gasteiger partial charge in [-0.3, -0.25) is 9.69 Å². The van der Waals surface area contributed by atoms with Crippen LogP contribution in [0.3, 0.4) is 0 Å². The van der Waals surface area contributed by atoms with Crippen LogP contribution < -0.4 is 5.73 Å². The van der Waals surface area contributed by atoms with E-state index in [1.807, 2.05) is 35.2 Å². The zero-order valence-corrected chi connectivity index (χ0v) is 9.30. The number of carboxylic acids is 1. The molecular formula is C12H18N2O2. The normalized spacial score (nSPS) is 10.6. The van der Waals surface area contributed by atoms with Crippen LogP contribution in [0.5, 0.6) is 0 Å². The van der Waals surface area contributed by atoms with Gasteiger partial charge >= 0.3 is 5.97 Å². The molecule has 4 heteroatoms. The third-order valence-corrected chi connectivity index (χ3v) is 2.36. The molecule has 0 aliphatic carbocycles. The van der Waals surface area contributed by atoms with Gasteiger partial charge in [-0.25, -0.2) is 0 Å². The molecule has 0 spiro atoms. The molecule has 0 aliphatic heterocycles. The number of rotatable bonds is 7. The molecule has 0 saturated carbocycles. The van der Waals surface area contributed by atoms with Gasteiger partial charge in [0.25, 0.3) is 0 Å². The smallest absolute Gasteiger partial charge is 0.317 e. The molecule has 0 amide bonds. The summed E-state index contributed by atoms with van der Waals surface area (Å²) in [5, 5.41) is 8.73. The Morgan fingerprint density at radius 1 is 1.25 bits per heavy atom. The summed E-state index contributed by atoms with van der Waals surface area (Å²) in [5.74, 6) is -0.804. The van der Waals surface area contributed by atoms with Crippen LogP contribution in [0.2, 0.25) is 0 Å². The van der Waals surface area contributed by atoms with Crippen LogP contribution in [0.4, 0.5) is 0 Å². The van der Waals surface area contributed by atoms with Gasteiger partial charge < -0.3 is 10.8 Å². The van der Waals surface area contributed by atoms with E-state index in [0.29, 0.717) is 13.1 Å². The number of nitrogens with two attached hydrogens (primary N) is 1. The molecule has 1 aromatic rings. The van der Waals surface area contributed by atoms with Crippen LogP contribution in [0.1, 0.15) is 5.56 Å². The highest BCUT2D eigenvalue weighted by Gasteiger charge is 2.08. The summed E-state index contributed by atoms with van der Waals surface area (Å²) in [6.07, 6.45) is 0.855. The predicted molar refractivity (Wildman–Crippen MR) is 63.3 cm³/mol. The molecule has 0 atom stereocenters. The SMILES string of the molecule is NCCN(CCc1ccccc1)CC(=O)O. The summed E-state index contributed by atoms with van der Waals surface area (Å²) in [6.45, 7) is 1.90. The van der Waals surface area contributed by atoms with Gasteiger partial charge in [0.1, 0.15) is 0 Å². The molecular weight excluding hydrogens is 204 g/mol. The van der Waals surface area contributed by atoms with Crippen molar-refractivity contribution in [1.82, 2.24) is 4.90 Å². The summed E-state index contributed by atoms with van der Waals surface area (Å²) < 4.78 is 0. The van der Waals surface area contributed by atoms with Crippen LogP contribution in [0.15, 0.2) is 30.3 Å². The zero-order chi connectivity index (χ0) is 11.8. The molecule has 0 unspecified atom stereocenters. The Bertz CT molecular complexity index is 314. The second kappa shape index (κ2) is 6.98. The van der Waals surface area contributed by atoms with E-state index in [2.05, 4.69) is 0 Å². The van der Waals surface area contributed by atoms with Crippen molar-refractivity contribution in [1.29, 1.82) is 0 Å². The second-order valence-electron chi connectivity index (χ2n) is 3.69. The average molecular weight is 222 g/mol. The summed E-state index contributed by atoms with van der Waals surface area (Å²) in [5.41, 5.74) is 6.66. The van der Waals surface area contributed by atoms with Crippen LogP contribution in [-0.4, -0.2) is 42.2 Å². The molecule has 0 aromatic heterocycles. The number of aliphatic carboxylic acids is 1. The van der Waals surface area contributed by atoms with Gasteiger partial charge in [-0.1, -0.05) is 30.3 Å². The summed E-state index contributed by atoms with van der Waals surface area (Å²) >= 11 is 0. The first-order valence-electron chi connectivity index (χ1n) is 5.40. The molecule has 1 aromatic carbocycles. The number of carboxylic acid groups (broad SMARTS) is 1. The van der Waals surface area contributed by atoms with Gasteiger partial charge in [0.2, 0.25) is 0 Å². The van der Waals surface area contributed by atoms with Gasteiger partial charge in [0, 0.05) is 19.6 Å². The van der Waals surface area contributed by atoms with Crippen LogP contribution in [0.25, 0.3) is 0 Å². The Hall–Kier alpha value is -1.39. The highest BCUT2D eigenvalue weighted by atomic mass is 16.4. The first kappa shape index (κ1) is 12.7. The van der Waals surface area contributed by atoms with Crippen LogP contribution >= 0.6 is 0 Å². The fourth-order valence-corrected chi connectivity index (χ4v) is 1.58. The minimum Gasteiger partial charge on any atom is -0.480 e. The zero-order valence-electron chi connectivity index (χ0n) is 9.30. The van der Waals surface area contributed by atoms with Crippen molar-refractivity contribution in [2.75, 3.05) is 26.2 Å². The molecule has 0 aliphatic rings. The van der Waals surface area contributed by atoms with Crippen molar-refractivity contribution in [3.05, 3.63) is 35.9 Å². The van der Waals surface area contributed by atoms with E-state index in [1.54, 1.807) is 0 Å². The maximum absolute atomic E-state index is 10.6. The number of carbonyl (C=O) groups is 1. The Morgan fingerprint density at radius 3 is 2.50 bits per heavy atom. The van der Waals surface area contributed by atoms with Crippen molar-refractivity contribution in [2.24, 2.45) is 5.73 Å². The lowest BCUT2D eigenvalue weighted by atomic mass is 10.1. The lowest BCUT2D eigenvalue weighted by molar-refractivity contribution is -0.138. The molecule has 0 saturated heterocycles. The summed E-state index contributed by atoms with van der Waals surface area (Å²) in [4.78, 5) is 12.5. The lowest BCUT2D eigenvalue weighted by Crippen LogP contribution is -2.35. The number of hydrogen-bond acceptors (Lipinski definition) is 3. The van der Waals surface area contributed by atoms with Gasteiger partial charge in [-0.15, -0.1) is 0 Å². The lowest BCUT2D eigenvalue weighted by Gasteiger charge is -2.19. The first-order chi connectivity index (χ1) is 7.72. The third kappa shape index (κ3) is 4.91. The van der Waals surface area contributed by atoms with Crippen LogP contribution in [-0.2, 0) is 11.2 Å². The van der Waals surface area contributed by atoms with Crippen molar-refractivity contribution >= 4 is 5.97 Å². The number of nitrogens with zero attached hydrogens (tertiary/aromatic N) is 1. The molecule has 0 heterocycles. The van der Waals surface area contributed by atoms with Crippen molar-refractivity contribution in [2.45, 2.75) is 6.42 Å². The minimum atomic E-state index is -0.804. The number of hydrogen-bond donors (Lipinski definition) is 2. The van der Waals surface area contributed by atoms with E-state index in [-0.39, 0.29) is 6.54 Å². The molecule has 16 heavy (non-hydrogen) atoms.